The summed E-state index contributed by atoms with van der Waals surface area (Å²) in [6, 6.07) is 15.5. The zero-order valence-electron chi connectivity index (χ0n) is 12.1. The van der Waals surface area contributed by atoms with Crippen LogP contribution >= 0.6 is 0 Å². The summed E-state index contributed by atoms with van der Waals surface area (Å²) >= 11 is 0. The number of fused-ring (bicyclic) bond motifs is 2. The number of aliphatic hydroxyl groups excluding tert-OH is 1. The van der Waals surface area contributed by atoms with Crippen LogP contribution in [0.4, 0.5) is 0 Å². The molecular formula is C19H16O3. The molecule has 1 aliphatic carbocycles. The van der Waals surface area contributed by atoms with Crippen LogP contribution in [-0.2, 0) is 4.79 Å². The minimum atomic E-state index is -0.242. The van der Waals surface area contributed by atoms with E-state index in [0.29, 0.717) is 18.4 Å². The number of allylic oxidation sites excluding steroid dienone is 2. The molecule has 4 rings (SSSR count). The second-order valence-corrected chi connectivity index (χ2v) is 5.75. The number of rotatable bonds is 1. The minimum Gasteiger partial charge on any atom is -0.512 e. The SMILES string of the molecule is O=C1CCCC(O)=C1C1c2ccccc2Oc2ccccc21. The van der Waals surface area contributed by atoms with E-state index in [-0.39, 0.29) is 17.5 Å². The molecule has 1 N–H and O–H groups in total. The van der Waals surface area contributed by atoms with Crippen molar-refractivity contribution in [3.05, 3.63) is 71.0 Å². The highest BCUT2D eigenvalue weighted by Crippen LogP contribution is 2.49. The van der Waals surface area contributed by atoms with Gasteiger partial charge in [-0.3, -0.25) is 4.79 Å². The Hall–Kier alpha value is -2.55. The lowest BCUT2D eigenvalue weighted by Gasteiger charge is -2.31. The van der Waals surface area contributed by atoms with Crippen LogP contribution in [0.25, 0.3) is 0 Å². The van der Waals surface area contributed by atoms with Gasteiger partial charge in [0.15, 0.2) is 5.78 Å². The molecule has 22 heavy (non-hydrogen) atoms. The van der Waals surface area contributed by atoms with Crippen molar-refractivity contribution < 1.29 is 14.6 Å². The highest BCUT2D eigenvalue weighted by molar-refractivity contribution is 5.99. The Bertz CT molecular complexity index is 743. The Morgan fingerprint density at radius 3 is 2.09 bits per heavy atom. The summed E-state index contributed by atoms with van der Waals surface area (Å²) in [5, 5.41) is 10.4. The molecule has 0 spiro atoms. The molecule has 0 amide bonds. The molecule has 0 radical (unpaired) electrons. The first kappa shape index (κ1) is 13.1. The summed E-state index contributed by atoms with van der Waals surface area (Å²) in [5.74, 6) is 1.54. The topological polar surface area (TPSA) is 46.5 Å². The molecule has 3 nitrogen and oxygen atoms in total. The number of hydrogen-bond donors (Lipinski definition) is 1. The van der Waals surface area contributed by atoms with Gasteiger partial charge in [0.2, 0.25) is 0 Å². The molecule has 0 saturated heterocycles. The fraction of sp³-hybridized carbons (Fsp3) is 0.211. The first-order valence-corrected chi connectivity index (χ1v) is 7.56. The molecule has 0 bridgehead atoms. The fourth-order valence-electron chi connectivity index (χ4n) is 3.40. The van der Waals surface area contributed by atoms with Gasteiger partial charge in [-0.25, -0.2) is 0 Å². The average Bonchev–Trinajstić information content (AvgIpc) is 2.54. The molecule has 1 heterocycles. The third-order valence-corrected chi connectivity index (χ3v) is 4.40. The molecule has 1 aliphatic heterocycles. The Labute approximate surface area is 128 Å². The van der Waals surface area contributed by atoms with Crippen molar-refractivity contribution in [2.45, 2.75) is 25.2 Å². The van der Waals surface area contributed by atoms with E-state index in [2.05, 4.69) is 0 Å². The van der Waals surface area contributed by atoms with Crippen LogP contribution in [-0.4, -0.2) is 10.9 Å². The number of carbonyl (C=O) groups excluding carboxylic acids is 1. The van der Waals surface area contributed by atoms with Crippen LogP contribution in [0.1, 0.15) is 36.3 Å². The predicted octanol–water partition coefficient (Wildman–Crippen LogP) is 4.49. The standard InChI is InChI=1S/C19H16O3/c20-14-8-5-9-15(21)19(14)18-12-6-1-3-10-16(12)22-17-11-4-2-7-13(17)18/h1-4,6-7,10-11,18,20H,5,8-9H2. The Balaban J connectivity index is 1.97. The van der Waals surface area contributed by atoms with Crippen LogP contribution in [0.2, 0.25) is 0 Å². The molecule has 0 aromatic heterocycles. The molecular weight excluding hydrogens is 276 g/mol. The molecule has 2 aliphatic rings. The van der Waals surface area contributed by atoms with Gasteiger partial charge in [-0.1, -0.05) is 36.4 Å². The molecule has 110 valence electrons. The van der Waals surface area contributed by atoms with Crippen LogP contribution in [0.5, 0.6) is 11.5 Å². The smallest absolute Gasteiger partial charge is 0.163 e. The van der Waals surface area contributed by atoms with Gasteiger partial charge < -0.3 is 9.84 Å². The van der Waals surface area contributed by atoms with E-state index >= 15 is 0 Å². The molecule has 0 fully saturated rings. The number of para-hydroxylation sites is 2. The van der Waals surface area contributed by atoms with E-state index in [1.807, 2.05) is 48.5 Å². The van der Waals surface area contributed by atoms with Gasteiger partial charge in [-0.05, 0) is 18.6 Å². The van der Waals surface area contributed by atoms with Gasteiger partial charge in [-0.15, -0.1) is 0 Å². The van der Waals surface area contributed by atoms with E-state index in [9.17, 15) is 9.90 Å². The normalized spacial score (nSPS) is 17.7. The number of Topliss-reactive ketones (excluding diaryl/α,β-unsaturated/α-hetero) is 1. The first-order valence-electron chi connectivity index (χ1n) is 7.56. The Kier molecular flexibility index (Phi) is 3.00. The zero-order chi connectivity index (χ0) is 15.1. The van der Waals surface area contributed by atoms with Gasteiger partial charge >= 0.3 is 0 Å². The van der Waals surface area contributed by atoms with E-state index in [1.54, 1.807) is 0 Å². The summed E-state index contributed by atoms with van der Waals surface area (Å²) in [6.45, 7) is 0. The predicted molar refractivity (Wildman–Crippen MR) is 83.3 cm³/mol. The Morgan fingerprint density at radius 1 is 0.909 bits per heavy atom. The van der Waals surface area contributed by atoms with Crippen molar-refractivity contribution in [1.29, 1.82) is 0 Å². The highest BCUT2D eigenvalue weighted by atomic mass is 16.5. The average molecular weight is 292 g/mol. The monoisotopic (exact) mass is 292 g/mol. The van der Waals surface area contributed by atoms with Crippen molar-refractivity contribution in [3.63, 3.8) is 0 Å². The van der Waals surface area contributed by atoms with Gasteiger partial charge in [0.05, 0.1) is 5.76 Å². The second kappa shape index (κ2) is 5.02. The van der Waals surface area contributed by atoms with Crippen molar-refractivity contribution in [3.8, 4) is 11.5 Å². The maximum Gasteiger partial charge on any atom is 0.163 e. The minimum absolute atomic E-state index is 0.0419. The van der Waals surface area contributed by atoms with Crippen LogP contribution in [0.3, 0.4) is 0 Å². The quantitative estimate of drug-likeness (QED) is 0.842. The van der Waals surface area contributed by atoms with Crippen LogP contribution in [0.15, 0.2) is 59.9 Å². The van der Waals surface area contributed by atoms with Gasteiger partial charge in [0.25, 0.3) is 0 Å². The molecule has 0 unspecified atom stereocenters. The van der Waals surface area contributed by atoms with E-state index in [1.165, 1.54) is 0 Å². The summed E-state index contributed by atoms with van der Waals surface area (Å²) in [4.78, 5) is 12.5. The first-order chi connectivity index (χ1) is 10.8. The maximum atomic E-state index is 12.5. The largest absolute Gasteiger partial charge is 0.512 e. The third kappa shape index (κ3) is 1.93. The van der Waals surface area contributed by atoms with Crippen molar-refractivity contribution in [2.75, 3.05) is 0 Å². The van der Waals surface area contributed by atoms with Gasteiger partial charge in [0, 0.05) is 35.5 Å². The summed E-state index contributed by atoms with van der Waals surface area (Å²) in [5.41, 5.74) is 2.42. The molecule has 3 heteroatoms. The number of benzene rings is 2. The van der Waals surface area contributed by atoms with E-state index in [0.717, 1.165) is 29.0 Å². The zero-order valence-corrected chi connectivity index (χ0v) is 12.1. The summed E-state index contributed by atoms with van der Waals surface area (Å²) in [6.07, 6.45) is 1.80. The molecule has 2 aromatic rings. The third-order valence-electron chi connectivity index (χ3n) is 4.40. The van der Waals surface area contributed by atoms with Gasteiger partial charge in [-0.2, -0.15) is 0 Å². The lowest BCUT2D eigenvalue weighted by Crippen LogP contribution is -2.21. The van der Waals surface area contributed by atoms with Crippen molar-refractivity contribution in [1.82, 2.24) is 0 Å². The number of carbonyl (C=O) groups is 1. The second-order valence-electron chi connectivity index (χ2n) is 5.75. The number of ether oxygens (including phenoxy) is 1. The fourth-order valence-corrected chi connectivity index (χ4v) is 3.40. The highest BCUT2D eigenvalue weighted by Gasteiger charge is 2.35. The molecule has 0 atom stereocenters. The number of ketones is 1. The van der Waals surface area contributed by atoms with Crippen molar-refractivity contribution in [2.24, 2.45) is 0 Å². The maximum absolute atomic E-state index is 12.5. The summed E-state index contributed by atoms with van der Waals surface area (Å²) < 4.78 is 5.95. The van der Waals surface area contributed by atoms with E-state index in [4.69, 9.17) is 4.74 Å². The number of aliphatic hydroxyl groups is 1. The van der Waals surface area contributed by atoms with Crippen molar-refractivity contribution >= 4 is 5.78 Å². The van der Waals surface area contributed by atoms with Crippen LogP contribution < -0.4 is 4.74 Å². The van der Waals surface area contributed by atoms with Crippen LogP contribution in [0, 0.1) is 0 Å². The number of hydrogen-bond acceptors (Lipinski definition) is 3. The Morgan fingerprint density at radius 2 is 1.50 bits per heavy atom. The summed E-state index contributed by atoms with van der Waals surface area (Å²) in [7, 11) is 0. The van der Waals surface area contributed by atoms with Gasteiger partial charge in [0.1, 0.15) is 11.5 Å². The lowest BCUT2D eigenvalue weighted by atomic mass is 9.77. The lowest BCUT2D eigenvalue weighted by molar-refractivity contribution is -0.116. The molecule has 2 aromatic carbocycles. The van der Waals surface area contributed by atoms with E-state index < -0.39 is 0 Å². The molecule has 0 saturated carbocycles.